The van der Waals surface area contributed by atoms with Gasteiger partial charge in [-0.25, -0.2) is 4.68 Å². The van der Waals surface area contributed by atoms with E-state index in [9.17, 15) is 19.7 Å². The Morgan fingerprint density at radius 3 is 2.36 bits per heavy atom. The van der Waals surface area contributed by atoms with Crippen molar-refractivity contribution >= 4 is 16.7 Å². The van der Waals surface area contributed by atoms with Crippen molar-refractivity contribution in [2.75, 3.05) is 0 Å². The molecule has 2 N–H and O–H groups in total. The fourth-order valence-electron chi connectivity index (χ4n) is 3.23. The van der Waals surface area contributed by atoms with Gasteiger partial charge in [-0.05, 0) is 24.6 Å². The van der Waals surface area contributed by atoms with E-state index in [4.69, 9.17) is 0 Å². The molecule has 4 rings (SSSR count). The normalized spacial score (nSPS) is 11.0. The molecule has 0 fully saturated rings. The van der Waals surface area contributed by atoms with Gasteiger partial charge in [-0.3, -0.25) is 24.8 Å². The second-order valence-electron chi connectivity index (χ2n) is 6.50. The summed E-state index contributed by atoms with van der Waals surface area (Å²) in [6.45, 7) is 1.76. The second-order valence-corrected chi connectivity index (χ2v) is 6.50. The fourth-order valence-corrected chi connectivity index (χ4v) is 3.23. The van der Waals surface area contributed by atoms with E-state index in [0.29, 0.717) is 22.6 Å². The van der Waals surface area contributed by atoms with Crippen LogP contribution in [0.15, 0.2) is 64.2 Å². The topological polar surface area (TPSA) is 114 Å². The standard InChI is InChI=1S/C20H16N4O4/c1-12-16(11-13-7-9-15(10-8-13)24(27)28)18(25)17-19(21-12)22-23(20(17)26)14-5-3-2-4-6-14/h2-10H,11H2,1H3,(H2,21,22,25). The Kier molecular flexibility index (Phi) is 4.15. The summed E-state index contributed by atoms with van der Waals surface area (Å²) in [5.74, 6) is 0. The van der Waals surface area contributed by atoms with Gasteiger partial charge in [0.05, 0.1) is 10.6 Å². The molecule has 2 aromatic heterocycles. The Hall–Kier alpha value is -3.94. The average molecular weight is 376 g/mol. The van der Waals surface area contributed by atoms with Crippen LogP contribution in [0.2, 0.25) is 0 Å². The van der Waals surface area contributed by atoms with Crippen LogP contribution in [0.1, 0.15) is 16.8 Å². The molecule has 28 heavy (non-hydrogen) atoms. The van der Waals surface area contributed by atoms with Crippen molar-refractivity contribution in [1.82, 2.24) is 14.8 Å². The lowest BCUT2D eigenvalue weighted by Crippen LogP contribution is -2.21. The number of aromatic nitrogens is 3. The molecule has 0 radical (unpaired) electrons. The molecule has 0 saturated heterocycles. The Morgan fingerprint density at radius 2 is 1.71 bits per heavy atom. The third kappa shape index (κ3) is 2.90. The van der Waals surface area contributed by atoms with Gasteiger partial charge >= 0.3 is 0 Å². The number of H-pyrrole nitrogens is 2. The predicted octanol–water partition coefficient (Wildman–Crippen LogP) is 2.81. The third-order valence-electron chi connectivity index (χ3n) is 4.70. The van der Waals surface area contributed by atoms with Crippen molar-refractivity contribution in [3.63, 3.8) is 0 Å². The number of nitrogens with zero attached hydrogens (tertiary/aromatic N) is 2. The van der Waals surface area contributed by atoms with Crippen LogP contribution in [0.4, 0.5) is 5.69 Å². The number of para-hydroxylation sites is 1. The van der Waals surface area contributed by atoms with E-state index in [1.165, 1.54) is 16.8 Å². The molecule has 8 heteroatoms. The number of fused-ring (bicyclic) bond motifs is 1. The highest BCUT2D eigenvalue weighted by atomic mass is 16.6. The molecule has 2 aromatic carbocycles. The van der Waals surface area contributed by atoms with Gasteiger partial charge in [-0.1, -0.05) is 30.3 Å². The van der Waals surface area contributed by atoms with Gasteiger partial charge in [-0.2, -0.15) is 0 Å². The van der Waals surface area contributed by atoms with E-state index in [2.05, 4.69) is 10.1 Å². The predicted molar refractivity (Wildman–Crippen MR) is 105 cm³/mol. The quantitative estimate of drug-likeness (QED) is 0.421. The number of hydrogen-bond acceptors (Lipinski definition) is 4. The number of nitrogens with one attached hydrogen (secondary N) is 2. The van der Waals surface area contributed by atoms with Gasteiger partial charge in [0.2, 0.25) is 0 Å². The summed E-state index contributed by atoms with van der Waals surface area (Å²) in [6.07, 6.45) is 0.269. The molecular weight excluding hydrogens is 360 g/mol. The van der Waals surface area contributed by atoms with Crippen molar-refractivity contribution in [3.8, 4) is 5.69 Å². The van der Waals surface area contributed by atoms with Crippen LogP contribution in [0.3, 0.4) is 0 Å². The minimum absolute atomic E-state index is 0.0128. The number of aryl methyl sites for hydroxylation is 1. The molecule has 0 spiro atoms. The number of rotatable bonds is 4. The summed E-state index contributed by atoms with van der Waals surface area (Å²) in [5, 5.41) is 13.8. The maximum atomic E-state index is 13.0. The number of aromatic amines is 2. The highest BCUT2D eigenvalue weighted by Crippen LogP contribution is 2.16. The molecule has 0 aliphatic carbocycles. The number of non-ortho nitro benzene ring substituents is 1. The maximum Gasteiger partial charge on any atom is 0.284 e. The highest BCUT2D eigenvalue weighted by molar-refractivity contribution is 5.75. The minimum atomic E-state index is -0.472. The van der Waals surface area contributed by atoms with Crippen LogP contribution >= 0.6 is 0 Å². The van der Waals surface area contributed by atoms with E-state index in [1.807, 2.05) is 6.07 Å². The fraction of sp³-hybridized carbons (Fsp3) is 0.100. The van der Waals surface area contributed by atoms with Gasteiger partial charge in [0.15, 0.2) is 5.43 Å². The zero-order chi connectivity index (χ0) is 19.8. The first-order valence-corrected chi connectivity index (χ1v) is 8.61. The van der Waals surface area contributed by atoms with Crippen LogP contribution in [0, 0.1) is 17.0 Å². The Bertz CT molecular complexity index is 1300. The summed E-state index contributed by atoms with van der Waals surface area (Å²) in [6, 6.07) is 15.0. The zero-order valence-corrected chi connectivity index (χ0v) is 14.9. The first-order chi connectivity index (χ1) is 13.5. The lowest BCUT2D eigenvalue weighted by molar-refractivity contribution is -0.384. The highest BCUT2D eigenvalue weighted by Gasteiger charge is 2.17. The summed E-state index contributed by atoms with van der Waals surface area (Å²) >= 11 is 0. The summed E-state index contributed by atoms with van der Waals surface area (Å²) < 4.78 is 1.33. The van der Waals surface area contributed by atoms with Gasteiger partial charge in [0, 0.05) is 29.8 Å². The van der Waals surface area contributed by atoms with Gasteiger partial charge in [0.1, 0.15) is 11.0 Å². The monoisotopic (exact) mass is 376 g/mol. The van der Waals surface area contributed by atoms with Gasteiger partial charge in [-0.15, -0.1) is 0 Å². The van der Waals surface area contributed by atoms with Crippen molar-refractivity contribution < 1.29 is 4.92 Å². The number of benzene rings is 2. The van der Waals surface area contributed by atoms with E-state index < -0.39 is 10.5 Å². The Balaban J connectivity index is 1.82. The SMILES string of the molecule is Cc1[nH]c2[nH]n(-c3ccccc3)c(=O)c2c(=O)c1Cc1ccc([N+](=O)[O-])cc1. The lowest BCUT2D eigenvalue weighted by Gasteiger charge is -2.05. The molecule has 4 aromatic rings. The first kappa shape index (κ1) is 17.5. The maximum absolute atomic E-state index is 13.0. The molecule has 0 unspecified atom stereocenters. The summed E-state index contributed by atoms with van der Waals surface area (Å²) in [5.41, 5.74) is 2.05. The van der Waals surface area contributed by atoms with Crippen molar-refractivity contribution in [2.24, 2.45) is 0 Å². The molecule has 0 aliphatic rings. The van der Waals surface area contributed by atoms with Crippen molar-refractivity contribution in [3.05, 3.63) is 102 Å². The molecule has 8 nitrogen and oxygen atoms in total. The average Bonchev–Trinajstić information content (AvgIpc) is 3.02. The number of nitro groups is 1. The molecule has 2 heterocycles. The van der Waals surface area contributed by atoms with Crippen LogP contribution in [-0.4, -0.2) is 19.7 Å². The van der Waals surface area contributed by atoms with Crippen LogP contribution in [0.5, 0.6) is 0 Å². The Labute approximate surface area is 158 Å². The van der Waals surface area contributed by atoms with E-state index in [1.54, 1.807) is 43.3 Å². The molecular formula is C20H16N4O4. The van der Waals surface area contributed by atoms with Crippen LogP contribution in [0.25, 0.3) is 16.7 Å². The number of pyridine rings is 1. The molecule has 0 bridgehead atoms. The molecule has 0 aliphatic heterocycles. The molecule has 140 valence electrons. The van der Waals surface area contributed by atoms with Gasteiger partial charge in [0.25, 0.3) is 11.2 Å². The number of nitro benzene ring substituents is 1. The summed E-state index contributed by atoms with van der Waals surface area (Å²) in [7, 11) is 0. The first-order valence-electron chi connectivity index (χ1n) is 8.61. The van der Waals surface area contributed by atoms with E-state index >= 15 is 0 Å². The third-order valence-corrected chi connectivity index (χ3v) is 4.70. The van der Waals surface area contributed by atoms with Crippen molar-refractivity contribution in [1.29, 1.82) is 0 Å². The van der Waals surface area contributed by atoms with Crippen LogP contribution < -0.4 is 11.0 Å². The van der Waals surface area contributed by atoms with Gasteiger partial charge < -0.3 is 4.98 Å². The molecule has 0 atom stereocenters. The Morgan fingerprint density at radius 1 is 1.04 bits per heavy atom. The second kappa shape index (κ2) is 6.66. The van der Waals surface area contributed by atoms with E-state index in [0.717, 1.165) is 5.56 Å². The lowest BCUT2D eigenvalue weighted by atomic mass is 10.0. The van der Waals surface area contributed by atoms with Crippen molar-refractivity contribution in [2.45, 2.75) is 13.3 Å². The van der Waals surface area contributed by atoms with Crippen LogP contribution in [-0.2, 0) is 6.42 Å². The minimum Gasteiger partial charge on any atom is -0.343 e. The molecule has 0 saturated carbocycles. The smallest absolute Gasteiger partial charge is 0.284 e. The summed E-state index contributed by atoms with van der Waals surface area (Å²) in [4.78, 5) is 39.3. The zero-order valence-electron chi connectivity index (χ0n) is 14.9. The largest absolute Gasteiger partial charge is 0.343 e. The number of hydrogen-bond donors (Lipinski definition) is 2. The van der Waals surface area contributed by atoms with E-state index in [-0.39, 0.29) is 22.9 Å². The molecule has 0 amide bonds.